The third-order valence-electron chi connectivity index (χ3n) is 3.27. The minimum Gasteiger partial charge on any atom is -0.462 e. The van der Waals surface area contributed by atoms with Gasteiger partial charge in [-0.15, -0.1) is 11.3 Å². The van der Waals surface area contributed by atoms with Gasteiger partial charge in [0.2, 0.25) is 5.91 Å². The number of aromatic nitrogens is 1. The molecule has 0 saturated heterocycles. The fourth-order valence-electron chi connectivity index (χ4n) is 1.97. The van der Waals surface area contributed by atoms with Gasteiger partial charge >= 0.3 is 5.97 Å². The third-order valence-corrected chi connectivity index (χ3v) is 4.59. The maximum Gasteiger partial charge on any atom is 0.350 e. The van der Waals surface area contributed by atoms with Crippen molar-refractivity contribution < 1.29 is 19.1 Å². The Kier molecular flexibility index (Phi) is 9.60. The Labute approximate surface area is 157 Å². The predicted molar refractivity (Wildman–Crippen MR) is 101 cm³/mol. The summed E-state index contributed by atoms with van der Waals surface area (Å²) >= 11 is 1.28. The number of aliphatic imine (C=N–C) groups is 1. The number of thiazole rings is 1. The van der Waals surface area contributed by atoms with E-state index in [0.717, 1.165) is 5.01 Å². The highest BCUT2D eigenvalue weighted by molar-refractivity contribution is 7.13. The SMILES string of the molecule is CCOC(=O)c1sc(C(C)NC(=NC)NCC(=O)NCCOC)nc1C. The van der Waals surface area contributed by atoms with Gasteiger partial charge in [-0.25, -0.2) is 9.78 Å². The van der Waals surface area contributed by atoms with Crippen molar-refractivity contribution in [2.75, 3.05) is 40.5 Å². The molecule has 1 aromatic heterocycles. The Bertz CT molecular complexity index is 632. The van der Waals surface area contributed by atoms with Gasteiger partial charge < -0.3 is 25.4 Å². The number of nitrogens with one attached hydrogen (secondary N) is 3. The molecule has 0 saturated carbocycles. The summed E-state index contributed by atoms with van der Waals surface area (Å²) in [5, 5.41) is 9.53. The molecule has 1 heterocycles. The van der Waals surface area contributed by atoms with Crippen LogP contribution in [0.3, 0.4) is 0 Å². The third kappa shape index (κ3) is 6.96. The summed E-state index contributed by atoms with van der Waals surface area (Å²) < 4.78 is 9.91. The molecule has 1 rings (SSSR count). The van der Waals surface area contributed by atoms with E-state index in [1.165, 1.54) is 11.3 Å². The molecule has 146 valence electrons. The lowest BCUT2D eigenvalue weighted by Gasteiger charge is -2.16. The van der Waals surface area contributed by atoms with Crippen molar-refractivity contribution in [1.29, 1.82) is 0 Å². The average molecular weight is 385 g/mol. The smallest absolute Gasteiger partial charge is 0.350 e. The fourth-order valence-corrected chi connectivity index (χ4v) is 2.93. The molecule has 0 aliphatic rings. The van der Waals surface area contributed by atoms with Crippen LogP contribution in [-0.2, 0) is 14.3 Å². The van der Waals surface area contributed by atoms with E-state index in [0.29, 0.717) is 36.3 Å². The first-order chi connectivity index (χ1) is 12.4. The Balaban J connectivity index is 2.59. The highest BCUT2D eigenvalue weighted by Gasteiger charge is 2.20. The Morgan fingerprint density at radius 1 is 1.35 bits per heavy atom. The summed E-state index contributed by atoms with van der Waals surface area (Å²) in [4.78, 5) is 32.6. The normalized spacial score (nSPS) is 12.4. The van der Waals surface area contributed by atoms with Crippen molar-refractivity contribution >= 4 is 29.2 Å². The van der Waals surface area contributed by atoms with Crippen molar-refractivity contribution in [2.24, 2.45) is 4.99 Å². The van der Waals surface area contributed by atoms with E-state index in [1.807, 2.05) is 6.92 Å². The van der Waals surface area contributed by atoms with E-state index in [9.17, 15) is 9.59 Å². The van der Waals surface area contributed by atoms with E-state index in [1.54, 1.807) is 28.0 Å². The second-order valence-corrected chi connectivity index (χ2v) is 6.35. The van der Waals surface area contributed by atoms with Gasteiger partial charge in [-0.2, -0.15) is 0 Å². The minimum atomic E-state index is -0.365. The minimum absolute atomic E-state index is 0.0844. The van der Waals surface area contributed by atoms with E-state index in [2.05, 4.69) is 25.9 Å². The molecule has 0 fully saturated rings. The Morgan fingerprint density at radius 3 is 2.69 bits per heavy atom. The van der Waals surface area contributed by atoms with Crippen LogP contribution in [0.5, 0.6) is 0 Å². The highest BCUT2D eigenvalue weighted by atomic mass is 32.1. The van der Waals surface area contributed by atoms with Gasteiger partial charge in [-0.1, -0.05) is 0 Å². The number of carbonyl (C=O) groups is 2. The first-order valence-corrected chi connectivity index (χ1v) is 9.11. The van der Waals surface area contributed by atoms with E-state index in [-0.39, 0.29) is 24.5 Å². The molecule has 0 aliphatic carbocycles. The number of hydrogen-bond acceptors (Lipinski definition) is 7. The van der Waals surface area contributed by atoms with Gasteiger partial charge in [0.15, 0.2) is 5.96 Å². The van der Waals surface area contributed by atoms with Crippen LogP contribution in [0.1, 0.15) is 40.3 Å². The van der Waals surface area contributed by atoms with Gasteiger partial charge in [-0.3, -0.25) is 9.79 Å². The number of nitrogens with zero attached hydrogens (tertiary/aromatic N) is 2. The largest absolute Gasteiger partial charge is 0.462 e. The van der Waals surface area contributed by atoms with Gasteiger partial charge in [0.1, 0.15) is 9.88 Å². The molecule has 3 N–H and O–H groups in total. The maximum atomic E-state index is 11.9. The molecule has 0 aromatic carbocycles. The molecule has 1 aromatic rings. The molecule has 1 amide bonds. The second kappa shape index (κ2) is 11.4. The predicted octanol–water partition coefficient (Wildman–Crippen LogP) is 0.617. The number of carbonyl (C=O) groups excluding carboxylic acids is 2. The molecule has 9 nitrogen and oxygen atoms in total. The van der Waals surface area contributed by atoms with Crippen LogP contribution in [0.15, 0.2) is 4.99 Å². The number of hydrogen-bond donors (Lipinski definition) is 3. The summed E-state index contributed by atoms with van der Waals surface area (Å²) in [6.45, 7) is 6.76. The van der Waals surface area contributed by atoms with E-state index in [4.69, 9.17) is 9.47 Å². The van der Waals surface area contributed by atoms with Crippen molar-refractivity contribution in [3.63, 3.8) is 0 Å². The van der Waals surface area contributed by atoms with E-state index >= 15 is 0 Å². The molecule has 0 aliphatic heterocycles. The molecular weight excluding hydrogens is 358 g/mol. The summed E-state index contributed by atoms with van der Waals surface area (Å²) in [5.41, 5.74) is 0.637. The van der Waals surface area contributed by atoms with Crippen LogP contribution in [-0.4, -0.2) is 63.3 Å². The number of aryl methyl sites for hydroxylation is 1. The fraction of sp³-hybridized carbons (Fsp3) is 0.625. The number of amides is 1. The number of esters is 1. The van der Waals surface area contributed by atoms with Crippen molar-refractivity contribution in [2.45, 2.75) is 26.8 Å². The lowest BCUT2D eigenvalue weighted by Crippen LogP contribution is -2.44. The maximum absolute atomic E-state index is 11.9. The number of methoxy groups -OCH3 is 1. The first kappa shape index (κ1) is 21.8. The van der Waals surface area contributed by atoms with Crippen LogP contribution in [0.25, 0.3) is 0 Å². The zero-order valence-corrected chi connectivity index (χ0v) is 16.7. The second-order valence-electron chi connectivity index (χ2n) is 5.32. The molecule has 10 heteroatoms. The van der Waals surface area contributed by atoms with Gasteiger partial charge in [0.05, 0.1) is 31.5 Å². The highest BCUT2D eigenvalue weighted by Crippen LogP contribution is 2.24. The average Bonchev–Trinajstić information content (AvgIpc) is 3.01. The molecule has 26 heavy (non-hydrogen) atoms. The standard InChI is InChI=1S/C16H27N5O4S/c1-6-25-15(23)13-10(2)20-14(26-13)11(3)21-16(17-4)19-9-12(22)18-7-8-24-5/h11H,6-9H2,1-5H3,(H,18,22)(H2,17,19,21). The molecule has 1 unspecified atom stereocenters. The molecule has 0 radical (unpaired) electrons. The monoisotopic (exact) mass is 385 g/mol. The lowest BCUT2D eigenvalue weighted by atomic mass is 10.3. The first-order valence-electron chi connectivity index (χ1n) is 8.30. The van der Waals surface area contributed by atoms with Crippen molar-refractivity contribution in [3.8, 4) is 0 Å². The molecule has 0 spiro atoms. The van der Waals surface area contributed by atoms with Gasteiger partial charge in [0, 0.05) is 20.7 Å². The Morgan fingerprint density at radius 2 is 2.08 bits per heavy atom. The number of guanidine groups is 1. The Hall–Kier alpha value is -2.20. The summed E-state index contributed by atoms with van der Waals surface area (Å²) in [7, 11) is 3.19. The summed E-state index contributed by atoms with van der Waals surface area (Å²) in [5.74, 6) is -0.0616. The van der Waals surface area contributed by atoms with Crippen LogP contribution in [0.2, 0.25) is 0 Å². The van der Waals surface area contributed by atoms with Crippen LogP contribution >= 0.6 is 11.3 Å². The number of ether oxygens (including phenoxy) is 2. The zero-order valence-electron chi connectivity index (χ0n) is 15.8. The summed E-state index contributed by atoms with van der Waals surface area (Å²) in [6.07, 6.45) is 0. The van der Waals surface area contributed by atoms with Crippen LogP contribution in [0, 0.1) is 6.92 Å². The van der Waals surface area contributed by atoms with Crippen molar-refractivity contribution in [1.82, 2.24) is 20.9 Å². The van der Waals surface area contributed by atoms with Crippen LogP contribution in [0.4, 0.5) is 0 Å². The molecule has 0 bridgehead atoms. The number of rotatable bonds is 9. The topological polar surface area (TPSA) is 114 Å². The van der Waals surface area contributed by atoms with Gasteiger partial charge in [0.25, 0.3) is 0 Å². The zero-order chi connectivity index (χ0) is 19.5. The quantitative estimate of drug-likeness (QED) is 0.247. The molecular formula is C16H27N5O4S. The summed E-state index contributed by atoms with van der Waals surface area (Å²) in [6, 6.07) is -0.190. The van der Waals surface area contributed by atoms with Crippen LogP contribution < -0.4 is 16.0 Å². The lowest BCUT2D eigenvalue weighted by molar-refractivity contribution is -0.120. The van der Waals surface area contributed by atoms with E-state index < -0.39 is 0 Å². The molecule has 1 atom stereocenters. The van der Waals surface area contributed by atoms with Crippen molar-refractivity contribution in [3.05, 3.63) is 15.6 Å². The van der Waals surface area contributed by atoms with Gasteiger partial charge in [-0.05, 0) is 20.8 Å².